The summed E-state index contributed by atoms with van der Waals surface area (Å²) in [5.41, 5.74) is 0.767. The molecule has 0 aliphatic carbocycles. The van der Waals surface area contributed by atoms with E-state index in [1.807, 2.05) is 6.92 Å². The number of carbonyl (C=O) groups is 1. The Morgan fingerprint density at radius 2 is 2.11 bits per heavy atom. The zero-order chi connectivity index (χ0) is 13.8. The van der Waals surface area contributed by atoms with Gasteiger partial charge >= 0.3 is 0 Å². The molecule has 19 heavy (non-hydrogen) atoms. The molecule has 1 saturated heterocycles. The minimum atomic E-state index is -0.0109. The van der Waals surface area contributed by atoms with Crippen molar-refractivity contribution in [3.8, 4) is 0 Å². The van der Waals surface area contributed by atoms with Gasteiger partial charge in [-0.15, -0.1) is 0 Å². The predicted molar refractivity (Wildman–Crippen MR) is 76.5 cm³/mol. The average Bonchev–Trinajstić information content (AvgIpc) is 2.37. The van der Waals surface area contributed by atoms with Crippen molar-refractivity contribution >= 4 is 23.2 Å². The molecule has 2 rings (SSSR count). The summed E-state index contributed by atoms with van der Waals surface area (Å²) in [6.45, 7) is 5.94. The first-order chi connectivity index (χ1) is 9.04. The van der Waals surface area contributed by atoms with Gasteiger partial charge in [0.25, 0.3) is 0 Å². The number of anilines is 1. The fourth-order valence-electron chi connectivity index (χ4n) is 2.11. The molecule has 5 heteroatoms. The van der Waals surface area contributed by atoms with E-state index in [0.717, 1.165) is 12.2 Å². The first-order valence-electron chi connectivity index (χ1n) is 6.45. The molecule has 104 valence electrons. The molecule has 0 aromatic heterocycles. The maximum Gasteiger partial charge on any atom is 0.238 e. The van der Waals surface area contributed by atoms with Gasteiger partial charge in [-0.05, 0) is 38.1 Å². The topological polar surface area (TPSA) is 41.6 Å². The van der Waals surface area contributed by atoms with E-state index in [4.69, 9.17) is 16.3 Å². The van der Waals surface area contributed by atoms with Crippen molar-refractivity contribution in [3.05, 3.63) is 29.3 Å². The Labute approximate surface area is 118 Å². The van der Waals surface area contributed by atoms with Crippen LogP contribution in [0, 0.1) is 0 Å². The summed E-state index contributed by atoms with van der Waals surface area (Å²) in [6.07, 6.45) is 0.180. The highest BCUT2D eigenvalue weighted by atomic mass is 35.5. The number of amides is 1. The third kappa shape index (κ3) is 4.20. The Balaban J connectivity index is 1.88. The molecule has 0 spiro atoms. The van der Waals surface area contributed by atoms with E-state index in [2.05, 4.69) is 17.1 Å². The number of hydrogen-bond donors (Lipinski definition) is 1. The minimum absolute atomic E-state index is 0.0109. The fourth-order valence-corrected chi connectivity index (χ4v) is 2.24. The lowest BCUT2D eigenvalue weighted by molar-refractivity contribution is -0.121. The van der Waals surface area contributed by atoms with Gasteiger partial charge in [0.05, 0.1) is 19.3 Å². The lowest BCUT2D eigenvalue weighted by atomic mass is 10.2. The van der Waals surface area contributed by atoms with E-state index in [1.165, 1.54) is 0 Å². The van der Waals surface area contributed by atoms with Crippen molar-refractivity contribution in [3.63, 3.8) is 0 Å². The van der Waals surface area contributed by atoms with Crippen LogP contribution in [0.25, 0.3) is 0 Å². The normalized spacial score (nSPS) is 24.2. The van der Waals surface area contributed by atoms with Crippen LogP contribution in [-0.2, 0) is 9.53 Å². The van der Waals surface area contributed by atoms with Gasteiger partial charge in [-0.3, -0.25) is 9.69 Å². The summed E-state index contributed by atoms with van der Waals surface area (Å²) in [5, 5.41) is 3.53. The molecular formula is C14H19ClN2O2. The van der Waals surface area contributed by atoms with Crippen molar-refractivity contribution in [1.82, 2.24) is 4.90 Å². The molecule has 1 aromatic rings. The van der Waals surface area contributed by atoms with E-state index in [9.17, 15) is 4.79 Å². The molecule has 2 unspecified atom stereocenters. The highest BCUT2D eigenvalue weighted by Crippen LogP contribution is 2.14. The van der Waals surface area contributed by atoms with Crippen molar-refractivity contribution < 1.29 is 9.53 Å². The van der Waals surface area contributed by atoms with Crippen molar-refractivity contribution in [2.75, 3.05) is 25.0 Å². The van der Waals surface area contributed by atoms with Gasteiger partial charge in [0.2, 0.25) is 5.91 Å². The van der Waals surface area contributed by atoms with Gasteiger partial charge in [0, 0.05) is 23.3 Å². The molecule has 1 heterocycles. The molecule has 2 atom stereocenters. The highest BCUT2D eigenvalue weighted by molar-refractivity contribution is 6.30. The number of hydrogen-bond acceptors (Lipinski definition) is 3. The van der Waals surface area contributed by atoms with Crippen LogP contribution in [0.1, 0.15) is 13.8 Å². The van der Waals surface area contributed by atoms with Gasteiger partial charge in [0.15, 0.2) is 0 Å². The zero-order valence-corrected chi connectivity index (χ0v) is 12.0. The zero-order valence-electron chi connectivity index (χ0n) is 11.2. The Morgan fingerprint density at radius 3 is 2.79 bits per heavy atom. The molecular weight excluding hydrogens is 264 g/mol. The lowest BCUT2D eigenvalue weighted by Gasteiger charge is -2.36. The number of ether oxygens (including phenoxy) is 1. The maximum absolute atomic E-state index is 12.0. The summed E-state index contributed by atoms with van der Waals surface area (Å²) >= 11 is 5.80. The first kappa shape index (κ1) is 14.3. The van der Waals surface area contributed by atoms with Crippen LogP contribution in [0.15, 0.2) is 24.3 Å². The van der Waals surface area contributed by atoms with Gasteiger partial charge < -0.3 is 10.1 Å². The Bertz CT molecular complexity index is 436. The maximum atomic E-state index is 12.0. The van der Waals surface area contributed by atoms with Gasteiger partial charge in [-0.25, -0.2) is 0 Å². The van der Waals surface area contributed by atoms with E-state index < -0.39 is 0 Å². The monoisotopic (exact) mass is 282 g/mol. The van der Waals surface area contributed by atoms with E-state index in [-0.39, 0.29) is 18.1 Å². The van der Waals surface area contributed by atoms with Crippen molar-refractivity contribution in [1.29, 1.82) is 0 Å². The van der Waals surface area contributed by atoms with Crippen LogP contribution in [0.3, 0.4) is 0 Å². The summed E-state index contributed by atoms with van der Waals surface area (Å²) in [5.74, 6) is -0.0109. The van der Waals surface area contributed by atoms with Crippen LogP contribution in [0.4, 0.5) is 5.69 Å². The first-order valence-corrected chi connectivity index (χ1v) is 6.83. The predicted octanol–water partition coefficient (Wildman–Crippen LogP) is 2.39. The smallest absolute Gasteiger partial charge is 0.238 e. The third-order valence-electron chi connectivity index (χ3n) is 3.21. The number of nitrogens with one attached hydrogen (secondary N) is 1. The minimum Gasteiger partial charge on any atom is -0.376 e. The molecule has 0 saturated carbocycles. The van der Waals surface area contributed by atoms with Crippen LogP contribution in [0.2, 0.25) is 5.02 Å². The Hall–Kier alpha value is -1.10. The summed E-state index contributed by atoms with van der Waals surface area (Å²) in [4.78, 5) is 14.1. The Morgan fingerprint density at radius 1 is 1.42 bits per heavy atom. The molecule has 1 aromatic carbocycles. The summed E-state index contributed by atoms with van der Waals surface area (Å²) < 4.78 is 5.55. The summed E-state index contributed by atoms with van der Waals surface area (Å²) in [7, 11) is 0. The van der Waals surface area contributed by atoms with E-state index >= 15 is 0 Å². The number of nitrogens with zero attached hydrogens (tertiary/aromatic N) is 1. The van der Waals surface area contributed by atoms with E-state index in [0.29, 0.717) is 18.2 Å². The van der Waals surface area contributed by atoms with Gasteiger partial charge in [0.1, 0.15) is 0 Å². The lowest BCUT2D eigenvalue weighted by Crippen LogP contribution is -2.50. The number of halogens is 1. The van der Waals surface area contributed by atoms with Crippen molar-refractivity contribution in [2.24, 2.45) is 0 Å². The highest BCUT2D eigenvalue weighted by Gasteiger charge is 2.24. The quantitative estimate of drug-likeness (QED) is 0.925. The van der Waals surface area contributed by atoms with Gasteiger partial charge in [-0.1, -0.05) is 11.6 Å². The second kappa shape index (κ2) is 6.37. The molecule has 4 nitrogen and oxygen atoms in total. The van der Waals surface area contributed by atoms with Crippen LogP contribution >= 0.6 is 11.6 Å². The second-order valence-electron chi connectivity index (χ2n) is 4.98. The molecule has 1 aliphatic rings. The molecule has 1 aliphatic heterocycles. The summed E-state index contributed by atoms with van der Waals surface area (Å²) in [6, 6.07) is 7.39. The fraction of sp³-hybridized carbons (Fsp3) is 0.500. The Kier molecular flexibility index (Phi) is 4.80. The van der Waals surface area contributed by atoms with Gasteiger partial charge in [-0.2, -0.15) is 0 Å². The largest absolute Gasteiger partial charge is 0.376 e. The number of morpholine rings is 1. The third-order valence-corrected chi connectivity index (χ3v) is 3.46. The SMILES string of the molecule is CC1CN(CC(=O)Nc2ccc(Cl)cc2)C(C)CO1. The number of carbonyl (C=O) groups excluding carboxylic acids is 1. The molecule has 0 bridgehead atoms. The van der Waals surface area contributed by atoms with Crippen LogP contribution in [0.5, 0.6) is 0 Å². The van der Waals surface area contributed by atoms with E-state index in [1.54, 1.807) is 24.3 Å². The molecule has 1 N–H and O–H groups in total. The second-order valence-corrected chi connectivity index (χ2v) is 5.41. The molecule has 1 fully saturated rings. The van der Waals surface area contributed by atoms with Crippen molar-refractivity contribution in [2.45, 2.75) is 26.0 Å². The van der Waals surface area contributed by atoms with Crippen LogP contribution < -0.4 is 5.32 Å². The standard InChI is InChI=1S/C14H19ClN2O2/c1-10-9-19-11(2)7-17(10)8-14(18)16-13-5-3-12(15)4-6-13/h3-6,10-11H,7-9H2,1-2H3,(H,16,18). The van der Waals surface area contributed by atoms with Crippen LogP contribution in [-0.4, -0.2) is 42.6 Å². The number of rotatable bonds is 3. The molecule has 0 radical (unpaired) electrons. The number of benzene rings is 1. The average molecular weight is 283 g/mol. The molecule has 1 amide bonds.